The van der Waals surface area contributed by atoms with Gasteiger partial charge in [0, 0.05) is 17.8 Å². The lowest BCUT2D eigenvalue weighted by atomic mass is 10.1. The number of aromatic nitrogens is 5. The predicted molar refractivity (Wildman–Crippen MR) is 126 cm³/mol. The molecule has 1 fully saturated rings. The number of nitrogens with one attached hydrogen (secondary N) is 1. The number of piperidine rings is 1. The zero-order valence-electron chi connectivity index (χ0n) is 18.2. The van der Waals surface area contributed by atoms with Crippen molar-refractivity contribution in [3.05, 3.63) is 42.0 Å². The Morgan fingerprint density at radius 2 is 1.79 bits per heavy atom. The molecule has 0 spiro atoms. The van der Waals surface area contributed by atoms with Crippen molar-refractivity contribution in [2.75, 3.05) is 25.1 Å². The molecule has 0 unspecified atom stereocenters. The highest BCUT2D eigenvalue weighted by Gasteiger charge is 2.34. The van der Waals surface area contributed by atoms with E-state index in [0.717, 1.165) is 48.9 Å². The lowest BCUT2D eigenvalue weighted by Gasteiger charge is -2.26. The largest absolute Gasteiger partial charge is 0.419 e. The van der Waals surface area contributed by atoms with Crippen molar-refractivity contribution in [2.24, 2.45) is 0 Å². The van der Waals surface area contributed by atoms with Crippen LogP contribution in [0.3, 0.4) is 0 Å². The number of nitrogen functional groups attached to an aromatic ring is 1. The number of pyridine rings is 3. The van der Waals surface area contributed by atoms with Gasteiger partial charge in [-0.25, -0.2) is 15.0 Å². The molecule has 11 heteroatoms. The molecule has 3 N–H and O–H groups in total. The molecule has 0 bridgehead atoms. The number of alkyl halides is 3. The Morgan fingerprint density at radius 1 is 1.06 bits per heavy atom. The van der Waals surface area contributed by atoms with Gasteiger partial charge in [-0.3, -0.25) is 4.98 Å². The maximum Gasteiger partial charge on any atom is 0.419 e. The minimum Gasteiger partial charge on any atom is -0.383 e. The van der Waals surface area contributed by atoms with Gasteiger partial charge in [-0.2, -0.15) is 25.8 Å². The third-order valence-electron chi connectivity index (χ3n) is 5.73. The SMILES string of the molecule is CS.Cc1nc2cnc3ccc(-c4cnc(N)c(C(F)(F)F)c4)nc3c2n1C1CCNCC1. The fourth-order valence-electron chi connectivity index (χ4n) is 4.27. The summed E-state index contributed by atoms with van der Waals surface area (Å²) in [5.74, 6) is 0.317. The molecule has 0 aliphatic carbocycles. The molecule has 4 aromatic heterocycles. The first-order chi connectivity index (χ1) is 15.8. The molecule has 0 atom stereocenters. The Morgan fingerprint density at radius 3 is 2.48 bits per heavy atom. The predicted octanol–water partition coefficient (Wildman–Crippen LogP) is 4.42. The van der Waals surface area contributed by atoms with E-state index < -0.39 is 17.6 Å². The van der Waals surface area contributed by atoms with Crippen LogP contribution in [0.2, 0.25) is 0 Å². The van der Waals surface area contributed by atoms with Gasteiger partial charge in [-0.15, -0.1) is 0 Å². The number of hydrogen-bond donors (Lipinski definition) is 3. The van der Waals surface area contributed by atoms with Gasteiger partial charge < -0.3 is 15.6 Å². The average molecular weight is 476 g/mol. The molecule has 33 heavy (non-hydrogen) atoms. The van der Waals surface area contributed by atoms with Gasteiger partial charge in [-0.05, 0) is 57.3 Å². The van der Waals surface area contributed by atoms with Gasteiger partial charge in [-0.1, -0.05) is 0 Å². The first-order valence-corrected chi connectivity index (χ1v) is 11.3. The summed E-state index contributed by atoms with van der Waals surface area (Å²) in [4.78, 5) is 17.6. The molecule has 0 saturated carbocycles. The molecular weight excluding hydrogens is 451 g/mol. The molecule has 1 saturated heterocycles. The van der Waals surface area contributed by atoms with Crippen molar-refractivity contribution in [1.82, 2.24) is 29.8 Å². The normalized spacial score (nSPS) is 15.0. The number of nitrogens with zero attached hydrogens (tertiary/aromatic N) is 5. The number of nitrogens with two attached hydrogens (primary N) is 1. The van der Waals surface area contributed by atoms with Crippen LogP contribution in [0.1, 0.15) is 30.3 Å². The van der Waals surface area contributed by atoms with Gasteiger partial charge in [0.05, 0.1) is 28.5 Å². The zero-order valence-corrected chi connectivity index (χ0v) is 19.1. The van der Waals surface area contributed by atoms with Crippen molar-refractivity contribution in [3.63, 3.8) is 0 Å². The second-order valence-electron chi connectivity index (χ2n) is 7.72. The van der Waals surface area contributed by atoms with E-state index >= 15 is 0 Å². The lowest BCUT2D eigenvalue weighted by molar-refractivity contribution is -0.137. The Balaban J connectivity index is 0.00000126. The van der Waals surface area contributed by atoms with E-state index in [9.17, 15) is 13.2 Å². The average Bonchev–Trinajstić information content (AvgIpc) is 3.16. The number of fused-ring (bicyclic) bond motifs is 3. The second-order valence-corrected chi connectivity index (χ2v) is 7.72. The molecule has 1 aliphatic heterocycles. The van der Waals surface area contributed by atoms with E-state index in [1.54, 1.807) is 24.6 Å². The summed E-state index contributed by atoms with van der Waals surface area (Å²) in [5, 5.41) is 3.36. The maximum absolute atomic E-state index is 13.3. The third kappa shape index (κ3) is 4.34. The number of aryl methyl sites for hydroxylation is 1. The number of thiol groups is 1. The van der Waals surface area contributed by atoms with Crippen LogP contribution in [-0.4, -0.2) is 43.8 Å². The van der Waals surface area contributed by atoms with E-state index in [4.69, 9.17) is 10.7 Å². The second kappa shape index (κ2) is 9.14. The van der Waals surface area contributed by atoms with Crippen LogP contribution in [-0.2, 0) is 6.18 Å². The minimum absolute atomic E-state index is 0.241. The van der Waals surface area contributed by atoms with E-state index in [0.29, 0.717) is 16.7 Å². The fourth-order valence-corrected chi connectivity index (χ4v) is 4.27. The van der Waals surface area contributed by atoms with E-state index in [-0.39, 0.29) is 11.6 Å². The quantitative estimate of drug-likeness (QED) is 0.372. The summed E-state index contributed by atoms with van der Waals surface area (Å²) in [7, 11) is 0. The van der Waals surface area contributed by atoms with Crippen molar-refractivity contribution in [2.45, 2.75) is 32.0 Å². The number of halogens is 3. The summed E-state index contributed by atoms with van der Waals surface area (Å²) < 4.78 is 42.1. The highest BCUT2D eigenvalue weighted by molar-refractivity contribution is 7.79. The van der Waals surface area contributed by atoms with Crippen LogP contribution in [0.5, 0.6) is 0 Å². The molecule has 174 valence electrons. The van der Waals surface area contributed by atoms with Crippen LogP contribution in [0.15, 0.2) is 30.6 Å². The molecule has 5 rings (SSSR count). The molecule has 1 aliphatic rings. The third-order valence-corrected chi connectivity index (χ3v) is 5.73. The molecule has 0 aromatic carbocycles. The highest BCUT2D eigenvalue weighted by atomic mass is 32.1. The van der Waals surface area contributed by atoms with Crippen LogP contribution in [0.4, 0.5) is 19.0 Å². The number of rotatable bonds is 2. The highest BCUT2D eigenvalue weighted by Crippen LogP contribution is 2.36. The van der Waals surface area contributed by atoms with Crippen molar-refractivity contribution >= 4 is 40.5 Å². The standard InChI is InChI=1S/C21H20F3N7.CH4S/c1-11-29-17-10-27-16-3-2-15(12-8-14(21(22,23)24)20(25)28-9-12)30-18(16)19(17)31(11)13-4-6-26-7-5-13;1-2/h2-3,8-10,13,26H,4-7H2,1H3,(H2,25,28);2H,1H3. The minimum atomic E-state index is -4.59. The topological polar surface area (TPSA) is 94.5 Å². The van der Waals surface area contributed by atoms with Gasteiger partial charge >= 0.3 is 6.18 Å². The Bertz CT molecular complexity index is 1300. The van der Waals surface area contributed by atoms with Gasteiger partial charge in [0.1, 0.15) is 22.7 Å². The van der Waals surface area contributed by atoms with Crippen molar-refractivity contribution < 1.29 is 13.2 Å². The summed E-state index contributed by atoms with van der Waals surface area (Å²) in [6.07, 6.45) is 2.06. The molecule has 0 amide bonds. The van der Waals surface area contributed by atoms with Crippen LogP contribution in [0.25, 0.3) is 33.3 Å². The molecule has 5 heterocycles. The maximum atomic E-state index is 13.3. The van der Waals surface area contributed by atoms with E-state index in [2.05, 4.69) is 37.5 Å². The molecule has 4 aromatic rings. The monoisotopic (exact) mass is 475 g/mol. The summed E-state index contributed by atoms with van der Waals surface area (Å²) in [6.45, 7) is 3.79. The van der Waals surface area contributed by atoms with E-state index in [1.165, 1.54) is 6.20 Å². The number of imidazole rings is 1. The van der Waals surface area contributed by atoms with Crippen molar-refractivity contribution in [3.8, 4) is 11.3 Å². The van der Waals surface area contributed by atoms with Crippen molar-refractivity contribution in [1.29, 1.82) is 0 Å². The first-order valence-electron chi connectivity index (χ1n) is 10.5. The molecular formula is C22H24F3N7S. The van der Waals surface area contributed by atoms with Gasteiger partial charge in [0.15, 0.2) is 0 Å². The zero-order chi connectivity index (χ0) is 23.8. The molecule has 0 radical (unpaired) electrons. The summed E-state index contributed by atoms with van der Waals surface area (Å²) in [6, 6.07) is 4.67. The number of anilines is 1. The fraction of sp³-hybridized carbons (Fsp3) is 0.364. The summed E-state index contributed by atoms with van der Waals surface area (Å²) >= 11 is 3.53. The number of hydrogen-bond acceptors (Lipinski definition) is 7. The lowest BCUT2D eigenvalue weighted by Crippen LogP contribution is -2.29. The van der Waals surface area contributed by atoms with Gasteiger partial charge in [0.25, 0.3) is 0 Å². The first kappa shape index (κ1) is 23.2. The Hall–Kier alpha value is -2.92. The van der Waals surface area contributed by atoms with E-state index in [1.807, 2.05) is 6.92 Å². The molecule has 7 nitrogen and oxygen atoms in total. The Labute approximate surface area is 194 Å². The van der Waals surface area contributed by atoms with Gasteiger partial charge in [0.2, 0.25) is 0 Å². The van der Waals surface area contributed by atoms with Crippen LogP contribution in [0, 0.1) is 6.92 Å². The van der Waals surface area contributed by atoms with Crippen LogP contribution < -0.4 is 11.1 Å². The van der Waals surface area contributed by atoms with Crippen LogP contribution >= 0.6 is 12.6 Å². The smallest absolute Gasteiger partial charge is 0.383 e. The Kier molecular flexibility index (Phi) is 6.44. The summed E-state index contributed by atoms with van der Waals surface area (Å²) in [5.41, 5.74) is 7.93.